The second-order valence-corrected chi connectivity index (χ2v) is 7.63. The van der Waals surface area contributed by atoms with Gasteiger partial charge in [0.2, 0.25) is 5.91 Å². The van der Waals surface area contributed by atoms with Gasteiger partial charge in [0.1, 0.15) is 11.7 Å². The van der Waals surface area contributed by atoms with E-state index in [1.165, 1.54) is 6.07 Å². The van der Waals surface area contributed by atoms with Gasteiger partial charge in [0.05, 0.1) is 0 Å². The third kappa shape index (κ3) is 4.87. The van der Waals surface area contributed by atoms with Gasteiger partial charge in [-0.2, -0.15) is 5.10 Å². The molecule has 160 valence electrons. The average Bonchev–Trinajstić information content (AvgIpc) is 3.10. The van der Waals surface area contributed by atoms with E-state index in [4.69, 9.17) is 0 Å². The summed E-state index contributed by atoms with van der Waals surface area (Å²) in [6.07, 6.45) is 1.57. The second-order valence-electron chi connectivity index (χ2n) is 7.63. The first kappa shape index (κ1) is 21.5. The Morgan fingerprint density at radius 3 is 2.73 bits per heavy atom. The molecule has 2 N–H and O–H groups in total. The van der Waals surface area contributed by atoms with Gasteiger partial charge in [0.15, 0.2) is 5.69 Å². The maximum absolute atomic E-state index is 13.1. The second kappa shape index (κ2) is 9.56. The van der Waals surface area contributed by atoms with Crippen molar-refractivity contribution in [3.8, 4) is 0 Å². The third-order valence-electron chi connectivity index (χ3n) is 5.23. The summed E-state index contributed by atoms with van der Waals surface area (Å²) in [5.41, 5.74) is 2.78. The summed E-state index contributed by atoms with van der Waals surface area (Å²) in [5, 5.41) is 9.72. The number of fused-ring (bicyclic) bond motifs is 1. The van der Waals surface area contributed by atoms with Crippen LogP contribution in [0.4, 0.5) is 0 Å². The fourth-order valence-corrected chi connectivity index (χ4v) is 3.43. The Morgan fingerprint density at radius 2 is 2.00 bits per heavy atom. The molecule has 0 bridgehead atoms. The first-order chi connectivity index (χ1) is 14.4. The molecular formula is C22H29N5O3. The summed E-state index contributed by atoms with van der Waals surface area (Å²) in [6.45, 7) is 7.88. The highest BCUT2D eigenvalue weighted by atomic mass is 16.2. The lowest BCUT2D eigenvalue weighted by molar-refractivity contribution is -0.122. The van der Waals surface area contributed by atoms with Gasteiger partial charge in [-0.15, -0.1) is 0 Å². The minimum Gasteiger partial charge on any atom is -0.354 e. The van der Waals surface area contributed by atoms with E-state index in [1.54, 1.807) is 16.5 Å². The van der Waals surface area contributed by atoms with Gasteiger partial charge in [-0.1, -0.05) is 31.2 Å². The first-order valence-electron chi connectivity index (χ1n) is 10.4. The van der Waals surface area contributed by atoms with Crippen molar-refractivity contribution in [3.05, 3.63) is 52.8 Å². The molecule has 0 saturated carbocycles. The van der Waals surface area contributed by atoms with Crippen LogP contribution in [0.5, 0.6) is 0 Å². The number of nitrogens with zero attached hydrogens (tertiary/aromatic N) is 3. The van der Waals surface area contributed by atoms with Gasteiger partial charge in [-0.25, -0.2) is 0 Å². The van der Waals surface area contributed by atoms with E-state index in [2.05, 4.69) is 15.7 Å². The molecule has 1 aromatic carbocycles. The van der Waals surface area contributed by atoms with Crippen LogP contribution in [0.3, 0.4) is 0 Å². The number of amides is 3. The van der Waals surface area contributed by atoms with Crippen LogP contribution in [0.2, 0.25) is 0 Å². The number of hydrogen-bond acceptors (Lipinski definition) is 4. The van der Waals surface area contributed by atoms with Crippen molar-refractivity contribution in [3.63, 3.8) is 0 Å². The topological polar surface area (TPSA) is 96.3 Å². The molecule has 2 heterocycles. The summed E-state index contributed by atoms with van der Waals surface area (Å²) < 4.78 is 1.59. The number of aromatic nitrogens is 2. The highest BCUT2D eigenvalue weighted by Crippen LogP contribution is 2.18. The minimum atomic E-state index is -0.682. The van der Waals surface area contributed by atoms with Gasteiger partial charge in [-0.3, -0.25) is 19.1 Å². The Bertz CT molecular complexity index is 937. The Hall–Kier alpha value is -3.16. The van der Waals surface area contributed by atoms with Gasteiger partial charge in [0.25, 0.3) is 11.8 Å². The smallest absolute Gasteiger partial charge is 0.272 e. The van der Waals surface area contributed by atoms with Crippen LogP contribution in [0.15, 0.2) is 30.3 Å². The molecule has 30 heavy (non-hydrogen) atoms. The largest absolute Gasteiger partial charge is 0.354 e. The fraction of sp³-hybridized carbons (Fsp3) is 0.455. The average molecular weight is 412 g/mol. The number of benzene rings is 1. The normalized spacial score (nSPS) is 14.6. The van der Waals surface area contributed by atoms with E-state index in [-0.39, 0.29) is 17.5 Å². The highest BCUT2D eigenvalue weighted by molar-refractivity contribution is 5.99. The predicted molar refractivity (Wildman–Crippen MR) is 113 cm³/mol. The standard InChI is InChI=1S/C22H29N5O3/c1-4-10-23-20(28)16(3)24-21(29)18-13-19-22(30)26(11-7-12-27(19)25-18)14-17-9-6-5-8-15(17)2/h5-6,8-9,13,16H,4,7,10-12,14H2,1-3H3,(H,23,28)(H,24,29). The van der Waals surface area contributed by atoms with Crippen molar-refractivity contribution in [2.75, 3.05) is 13.1 Å². The number of carbonyl (C=O) groups excluding carboxylic acids is 3. The molecule has 0 radical (unpaired) electrons. The highest BCUT2D eigenvalue weighted by Gasteiger charge is 2.27. The molecular weight excluding hydrogens is 382 g/mol. The van der Waals surface area contributed by atoms with E-state index in [0.717, 1.165) is 24.0 Å². The SMILES string of the molecule is CCCNC(=O)C(C)NC(=O)c1cc2n(n1)CCCN(Cc1ccccc1C)C2=O. The van der Waals surface area contributed by atoms with Crippen molar-refractivity contribution in [2.45, 2.75) is 52.7 Å². The van der Waals surface area contributed by atoms with Crippen LogP contribution < -0.4 is 10.6 Å². The molecule has 1 aromatic heterocycles. The van der Waals surface area contributed by atoms with Crippen LogP contribution in [0.25, 0.3) is 0 Å². The van der Waals surface area contributed by atoms with Crippen molar-refractivity contribution in [1.82, 2.24) is 25.3 Å². The van der Waals surface area contributed by atoms with Crippen LogP contribution in [-0.4, -0.2) is 51.5 Å². The lowest BCUT2D eigenvalue weighted by Gasteiger charge is -2.21. The van der Waals surface area contributed by atoms with Crippen LogP contribution in [-0.2, 0) is 17.9 Å². The lowest BCUT2D eigenvalue weighted by atomic mass is 10.1. The molecule has 0 fully saturated rings. The molecule has 8 nitrogen and oxygen atoms in total. The molecule has 1 aliphatic heterocycles. The zero-order valence-electron chi connectivity index (χ0n) is 17.8. The molecule has 8 heteroatoms. The Kier molecular flexibility index (Phi) is 6.87. The van der Waals surface area contributed by atoms with E-state index < -0.39 is 11.9 Å². The van der Waals surface area contributed by atoms with E-state index in [9.17, 15) is 14.4 Å². The zero-order chi connectivity index (χ0) is 21.7. The molecule has 0 aliphatic carbocycles. The summed E-state index contributed by atoms with van der Waals surface area (Å²) in [6, 6.07) is 8.84. The van der Waals surface area contributed by atoms with Gasteiger partial charge in [-0.05, 0) is 37.8 Å². The van der Waals surface area contributed by atoms with Crippen LogP contribution in [0, 0.1) is 6.92 Å². The summed E-state index contributed by atoms with van der Waals surface area (Å²) in [7, 11) is 0. The number of rotatable bonds is 7. The summed E-state index contributed by atoms with van der Waals surface area (Å²) in [5.74, 6) is -0.851. The van der Waals surface area contributed by atoms with Crippen LogP contribution in [0.1, 0.15) is 58.8 Å². The lowest BCUT2D eigenvalue weighted by Crippen LogP contribution is -2.45. The maximum Gasteiger partial charge on any atom is 0.272 e. The number of hydrogen-bond donors (Lipinski definition) is 2. The first-order valence-corrected chi connectivity index (χ1v) is 10.4. The fourth-order valence-electron chi connectivity index (χ4n) is 3.43. The molecule has 1 aliphatic rings. The number of aryl methyl sites for hydroxylation is 2. The molecule has 2 aromatic rings. The molecule has 1 unspecified atom stereocenters. The molecule has 3 amide bonds. The van der Waals surface area contributed by atoms with Crippen molar-refractivity contribution >= 4 is 17.7 Å². The Morgan fingerprint density at radius 1 is 1.23 bits per heavy atom. The summed E-state index contributed by atoms with van der Waals surface area (Å²) in [4.78, 5) is 39.5. The van der Waals surface area contributed by atoms with E-state index in [1.807, 2.05) is 38.1 Å². The van der Waals surface area contributed by atoms with E-state index in [0.29, 0.717) is 31.9 Å². The molecule has 1 atom stereocenters. The number of nitrogens with one attached hydrogen (secondary N) is 2. The molecule has 0 saturated heterocycles. The van der Waals surface area contributed by atoms with Gasteiger partial charge < -0.3 is 15.5 Å². The van der Waals surface area contributed by atoms with Gasteiger partial charge >= 0.3 is 0 Å². The van der Waals surface area contributed by atoms with Crippen molar-refractivity contribution in [2.24, 2.45) is 0 Å². The zero-order valence-corrected chi connectivity index (χ0v) is 17.8. The van der Waals surface area contributed by atoms with Crippen molar-refractivity contribution < 1.29 is 14.4 Å². The molecule has 3 rings (SSSR count). The maximum atomic E-state index is 13.1. The summed E-state index contributed by atoms with van der Waals surface area (Å²) >= 11 is 0. The quantitative estimate of drug-likeness (QED) is 0.727. The monoisotopic (exact) mass is 411 g/mol. The Labute approximate surface area is 176 Å². The minimum absolute atomic E-state index is 0.143. The molecule has 0 spiro atoms. The third-order valence-corrected chi connectivity index (χ3v) is 5.23. The predicted octanol–water partition coefficient (Wildman–Crippen LogP) is 1.88. The van der Waals surface area contributed by atoms with E-state index >= 15 is 0 Å². The Balaban J connectivity index is 1.72. The number of carbonyl (C=O) groups is 3. The van der Waals surface area contributed by atoms with Gasteiger partial charge in [0, 0.05) is 32.2 Å². The van der Waals surface area contributed by atoms with Crippen LogP contribution >= 0.6 is 0 Å². The van der Waals surface area contributed by atoms with Crippen molar-refractivity contribution in [1.29, 1.82) is 0 Å².